The smallest absolute Gasteiger partial charge is 0.264 e. The average molecular weight is 954 g/mol. The summed E-state index contributed by atoms with van der Waals surface area (Å²) in [5.41, 5.74) is 14.3. The molecule has 0 bridgehead atoms. The summed E-state index contributed by atoms with van der Waals surface area (Å²) < 4.78 is 13.9. The fourth-order valence-electron chi connectivity index (χ4n) is 7.55. The van der Waals surface area contributed by atoms with Crippen LogP contribution in [-0.2, 0) is 51.2 Å². The topological polar surface area (TPSA) is 300 Å². The molecule has 0 unspecified atom stereocenters. The Bertz CT molecular complexity index is 2090. The second-order valence-electron chi connectivity index (χ2n) is 16.9. The number of halogens is 1. The fourth-order valence-corrected chi connectivity index (χ4v) is 8.58. The lowest BCUT2D eigenvalue weighted by Crippen LogP contribution is -2.64. The molecule has 2 fully saturated rings. The Morgan fingerprint density at radius 3 is 2.12 bits per heavy atom. The number of phenols is 1. The molecule has 366 valence electrons. The Morgan fingerprint density at radius 1 is 0.866 bits per heavy atom. The zero-order chi connectivity index (χ0) is 49.2. The van der Waals surface area contributed by atoms with Gasteiger partial charge in [0, 0.05) is 51.6 Å². The molecule has 0 aliphatic carbocycles. The molecule has 0 spiro atoms. The van der Waals surface area contributed by atoms with Crippen molar-refractivity contribution < 1.29 is 47.9 Å². The highest BCUT2D eigenvalue weighted by Crippen LogP contribution is 2.23. The number of guanidine groups is 1. The summed E-state index contributed by atoms with van der Waals surface area (Å²) in [6.07, 6.45) is 2.01. The maximum absolute atomic E-state index is 14.6. The Kier molecular flexibility index (Phi) is 20.7. The van der Waals surface area contributed by atoms with Crippen LogP contribution in [0.2, 0.25) is 0 Å². The van der Waals surface area contributed by atoms with E-state index in [4.69, 9.17) is 11.5 Å². The number of hydrogen-bond acceptors (Lipinski definition) is 11. The minimum Gasteiger partial charge on any atom is -0.508 e. The molecule has 4 rings (SSSR count). The molecule has 0 radical (unpaired) electrons. The average Bonchev–Trinajstić information content (AvgIpc) is 3.77. The van der Waals surface area contributed by atoms with Crippen molar-refractivity contribution in [1.29, 1.82) is 0 Å². The summed E-state index contributed by atoms with van der Waals surface area (Å²) in [7, 11) is 0. The number of carbonyl (C=O) groups is 8. The second-order valence-corrected chi connectivity index (χ2v) is 18.1. The highest BCUT2D eigenvalue weighted by atomic mass is 32.2. The highest BCUT2D eigenvalue weighted by Gasteiger charge is 2.42. The summed E-state index contributed by atoms with van der Waals surface area (Å²) in [6, 6.07) is 3.83. The van der Waals surface area contributed by atoms with Crippen molar-refractivity contribution >= 4 is 65.0 Å². The van der Waals surface area contributed by atoms with Crippen LogP contribution in [0.25, 0.3) is 0 Å². The zero-order valence-electron chi connectivity index (χ0n) is 38.3. The van der Waals surface area contributed by atoms with Crippen molar-refractivity contribution in [1.82, 2.24) is 41.9 Å². The molecule has 2 aliphatic rings. The first-order chi connectivity index (χ1) is 31.8. The fraction of sp³-hybridized carbons (Fsp3) is 0.533. The van der Waals surface area contributed by atoms with Crippen LogP contribution in [0.5, 0.6) is 5.75 Å². The van der Waals surface area contributed by atoms with E-state index in [0.717, 1.165) is 11.9 Å². The van der Waals surface area contributed by atoms with Gasteiger partial charge in [0.25, 0.3) is 5.91 Å². The lowest BCUT2D eigenvalue weighted by Gasteiger charge is -2.36. The number of carbonyl (C=O) groups excluding carboxylic acids is 8. The first-order valence-corrected chi connectivity index (χ1v) is 23.5. The number of aliphatic imine (C=N–C) groups is 1. The number of amides is 8. The highest BCUT2D eigenvalue weighted by molar-refractivity contribution is 7.99. The van der Waals surface area contributed by atoms with Crippen molar-refractivity contribution in [2.45, 2.75) is 115 Å². The Morgan fingerprint density at radius 2 is 1.49 bits per heavy atom. The van der Waals surface area contributed by atoms with Gasteiger partial charge >= 0.3 is 0 Å². The van der Waals surface area contributed by atoms with Gasteiger partial charge < -0.3 is 48.1 Å². The number of rotatable bonds is 13. The molecule has 2 aromatic carbocycles. The standard InChI is InChI=1S/C45H64FN11O9S/c1-26(2)38-42(64)51-27(3)43(65)57(55-28(4)58)36(44(66)56-21-7-9-35(56)41(63)49-19-5-6-20-50-45(47)48)25-67-22-8-10-37(60)52-33(23-30-13-17-32(59)18-14-30)39(61)53-34(40(62)54-38)24-29-11-15-31(46)16-12-29/h11-18,26-27,33-36,38,59H,5-10,19-25H2,1-4H3,(H,49,63)(H,51,64)(H,52,60)(H,53,61)(H,54,62)(H,55,58)(H4,47,48,50)/t27-,33-,34-,35-,36-,38+/m0/s1. The van der Waals surface area contributed by atoms with E-state index >= 15 is 0 Å². The normalized spacial score (nSPS) is 22.7. The quantitative estimate of drug-likeness (QED) is 0.0721. The van der Waals surface area contributed by atoms with Crippen molar-refractivity contribution in [3.8, 4) is 5.75 Å². The number of nitrogens with two attached hydrogens (primary N) is 2. The number of aromatic hydroxyl groups is 1. The van der Waals surface area contributed by atoms with E-state index in [0.29, 0.717) is 49.9 Å². The largest absolute Gasteiger partial charge is 0.508 e. The van der Waals surface area contributed by atoms with E-state index in [1.807, 2.05) is 0 Å². The van der Waals surface area contributed by atoms with Crippen LogP contribution in [0.15, 0.2) is 53.5 Å². The number of nitrogens with zero attached hydrogens (tertiary/aromatic N) is 3. The third-order valence-electron chi connectivity index (χ3n) is 11.1. The minimum absolute atomic E-state index is 0.0113. The molecule has 0 aromatic heterocycles. The van der Waals surface area contributed by atoms with Crippen LogP contribution in [0.4, 0.5) is 4.39 Å². The Labute approximate surface area is 393 Å². The van der Waals surface area contributed by atoms with Gasteiger partial charge in [-0.05, 0) is 86.1 Å². The zero-order valence-corrected chi connectivity index (χ0v) is 39.2. The first kappa shape index (κ1) is 53.2. The molecule has 11 N–H and O–H groups in total. The predicted molar refractivity (Wildman–Crippen MR) is 249 cm³/mol. The molecular weight excluding hydrogens is 890 g/mol. The van der Waals surface area contributed by atoms with Gasteiger partial charge in [-0.1, -0.05) is 38.1 Å². The van der Waals surface area contributed by atoms with E-state index in [-0.39, 0.29) is 55.4 Å². The molecule has 22 heteroatoms. The van der Waals surface area contributed by atoms with Gasteiger partial charge in [0.1, 0.15) is 47.8 Å². The molecule has 2 saturated heterocycles. The first-order valence-electron chi connectivity index (χ1n) is 22.4. The summed E-state index contributed by atoms with van der Waals surface area (Å²) in [5.74, 6) is -6.38. The summed E-state index contributed by atoms with van der Waals surface area (Å²) >= 11 is 1.22. The number of benzene rings is 2. The SMILES string of the molecule is CC(=O)NN1C(=O)[C@H](C)NC(=O)[C@@H](C(C)C)NC(=O)[C@H](Cc2ccc(F)cc2)NC(=O)[C@H](Cc2ccc(O)cc2)NC(=O)CCCSC[C@H]1C(=O)N1CCC[C@H]1C(=O)NCCCCN=C(N)N. The minimum atomic E-state index is -1.38. The molecule has 2 aromatic rings. The third kappa shape index (κ3) is 16.7. The number of likely N-dealkylation sites (tertiary alicyclic amines) is 1. The summed E-state index contributed by atoms with van der Waals surface area (Å²) in [6.45, 7) is 6.68. The molecule has 2 heterocycles. The van der Waals surface area contributed by atoms with Gasteiger partial charge in [-0.15, -0.1) is 0 Å². The monoisotopic (exact) mass is 953 g/mol. The van der Waals surface area contributed by atoms with Crippen molar-refractivity contribution in [2.24, 2.45) is 22.4 Å². The number of unbranched alkanes of at least 4 members (excludes halogenated alkanes) is 1. The van der Waals surface area contributed by atoms with Crippen molar-refractivity contribution in [3.63, 3.8) is 0 Å². The van der Waals surface area contributed by atoms with Gasteiger partial charge in [-0.2, -0.15) is 11.8 Å². The third-order valence-corrected chi connectivity index (χ3v) is 12.2. The van der Waals surface area contributed by atoms with Crippen LogP contribution in [0.1, 0.15) is 77.3 Å². The van der Waals surface area contributed by atoms with Crippen LogP contribution < -0.4 is 43.5 Å². The molecule has 2 aliphatic heterocycles. The number of phenolic OH excluding ortho intramolecular Hbond substituents is 1. The Hall–Kier alpha value is -6.45. The number of thioether (sulfide) groups is 1. The summed E-state index contributed by atoms with van der Waals surface area (Å²) in [5, 5.41) is 24.4. The second kappa shape index (κ2) is 26.0. The molecule has 0 saturated carbocycles. The van der Waals surface area contributed by atoms with Crippen LogP contribution in [-0.4, -0.2) is 136 Å². The van der Waals surface area contributed by atoms with Crippen molar-refractivity contribution in [3.05, 3.63) is 65.5 Å². The molecule has 20 nitrogen and oxygen atoms in total. The van der Waals surface area contributed by atoms with E-state index in [2.05, 4.69) is 37.0 Å². The molecule has 67 heavy (non-hydrogen) atoms. The number of hydrazine groups is 1. The van der Waals surface area contributed by atoms with E-state index in [9.17, 15) is 47.9 Å². The van der Waals surface area contributed by atoms with E-state index in [1.165, 1.54) is 60.0 Å². The van der Waals surface area contributed by atoms with Crippen LogP contribution in [0, 0.1) is 11.7 Å². The number of hydrogen-bond donors (Lipinski definition) is 9. The maximum atomic E-state index is 14.6. The van der Waals surface area contributed by atoms with Gasteiger partial charge in [0.2, 0.25) is 41.4 Å². The number of nitrogens with one attached hydrogen (secondary N) is 6. The predicted octanol–water partition coefficient (Wildman–Crippen LogP) is -0.132. The van der Waals surface area contributed by atoms with Crippen molar-refractivity contribution in [2.75, 3.05) is 31.1 Å². The molecular formula is C45H64FN11O9S. The van der Waals surface area contributed by atoms with E-state index in [1.54, 1.807) is 26.0 Å². The summed E-state index contributed by atoms with van der Waals surface area (Å²) in [4.78, 5) is 116. The van der Waals surface area contributed by atoms with Gasteiger partial charge in [0.15, 0.2) is 5.96 Å². The van der Waals surface area contributed by atoms with Crippen LogP contribution >= 0.6 is 11.8 Å². The molecule has 8 amide bonds. The maximum Gasteiger partial charge on any atom is 0.264 e. The van der Waals surface area contributed by atoms with E-state index < -0.39 is 95.2 Å². The lowest BCUT2D eigenvalue weighted by atomic mass is 9.99. The Balaban J connectivity index is 1.67. The van der Waals surface area contributed by atoms with Gasteiger partial charge in [-0.25, -0.2) is 9.40 Å². The lowest BCUT2D eigenvalue weighted by molar-refractivity contribution is -0.154. The van der Waals surface area contributed by atoms with Crippen LogP contribution in [0.3, 0.4) is 0 Å². The van der Waals surface area contributed by atoms with Gasteiger partial charge in [-0.3, -0.25) is 48.8 Å². The van der Waals surface area contributed by atoms with Gasteiger partial charge in [0.05, 0.1) is 0 Å². The molecule has 6 atom stereocenters.